The summed E-state index contributed by atoms with van der Waals surface area (Å²) in [5, 5.41) is 7.62. The normalized spacial score (nSPS) is 11.4. The molecule has 1 heterocycles. The standard InChI is InChI=1S/C63H101N5/c1-7-13-19-25-32-42-53-48-57(49-54(43-33-26-20-14-8-2)59(53)46-38-29-23-17-11-5)64-62-66-61(52-40-36-31-37-41-52)67-63(68-62)65-58-50-55(44-34-27-21-15-9-3)60(47-39-30-24-18-12-6)56(51-58)45-35-28-22-16-10-4/h31,36-37,40-41,48-51H,7-30,32-35,38-39,42-47H2,1-6H3,(H2,64,65,66,67,68). The van der Waals surface area contributed by atoms with Crippen molar-refractivity contribution >= 4 is 23.3 Å². The summed E-state index contributed by atoms with van der Waals surface area (Å²) in [6.45, 7) is 13.9. The van der Waals surface area contributed by atoms with Crippen molar-refractivity contribution in [1.82, 2.24) is 15.0 Å². The molecule has 0 unspecified atom stereocenters. The van der Waals surface area contributed by atoms with E-state index in [2.05, 4.69) is 107 Å². The van der Waals surface area contributed by atoms with Crippen molar-refractivity contribution < 1.29 is 0 Å². The summed E-state index contributed by atoms with van der Waals surface area (Å²) >= 11 is 0. The first-order chi connectivity index (χ1) is 33.5. The summed E-state index contributed by atoms with van der Waals surface area (Å²) in [6, 6.07) is 20.3. The van der Waals surface area contributed by atoms with E-state index in [4.69, 9.17) is 15.0 Å². The summed E-state index contributed by atoms with van der Waals surface area (Å²) in [4.78, 5) is 15.5. The SMILES string of the molecule is CCCCCCCc1cc(Nc2nc(Nc3cc(CCCCCCC)c(CCCCCCC)c(CCCCCCC)c3)nc(-c3ccccc3)n2)cc(CCCCCCC)c1CCCCCCC. The van der Waals surface area contributed by atoms with Gasteiger partial charge in [0.1, 0.15) is 0 Å². The number of anilines is 4. The van der Waals surface area contributed by atoms with Gasteiger partial charge >= 0.3 is 0 Å². The molecule has 0 aliphatic heterocycles. The Morgan fingerprint density at radius 3 is 0.882 bits per heavy atom. The number of nitrogens with zero attached hydrogens (tertiary/aromatic N) is 3. The largest absolute Gasteiger partial charge is 0.324 e. The summed E-state index contributed by atoms with van der Waals surface area (Å²) in [6.07, 6.45) is 46.1. The first kappa shape index (κ1) is 56.9. The molecule has 0 radical (unpaired) electrons. The van der Waals surface area contributed by atoms with Crippen LogP contribution in [0.4, 0.5) is 23.3 Å². The molecule has 2 N–H and O–H groups in total. The molecule has 0 spiro atoms. The summed E-state index contributed by atoms with van der Waals surface area (Å²) < 4.78 is 0. The second-order valence-corrected chi connectivity index (χ2v) is 20.5. The zero-order valence-corrected chi connectivity index (χ0v) is 45.0. The van der Waals surface area contributed by atoms with Crippen LogP contribution in [-0.4, -0.2) is 15.0 Å². The van der Waals surface area contributed by atoms with E-state index in [1.54, 1.807) is 11.1 Å². The van der Waals surface area contributed by atoms with E-state index in [-0.39, 0.29) is 0 Å². The number of hydrogen-bond acceptors (Lipinski definition) is 5. The Balaban J connectivity index is 1.76. The van der Waals surface area contributed by atoms with Crippen molar-refractivity contribution in [2.45, 2.75) is 273 Å². The smallest absolute Gasteiger partial charge is 0.232 e. The number of aryl methyl sites for hydroxylation is 4. The Hall–Kier alpha value is -3.73. The molecule has 1 aromatic heterocycles. The van der Waals surface area contributed by atoms with Gasteiger partial charge in [0.05, 0.1) is 0 Å². The number of hydrogen-bond donors (Lipinski definition) is 2. The molecule has 3 aromatic carbocycles. The Labute approximate surface area is 419 Å². The van der Waals surface area contributed by atoms with Crippen molar-refractivity contribution in [3.8, 4) is 11.4 Å². The first-order valence-corrected chi connectivity index (χ1v) is 29.2. The van der Waals surface area contributed by atoms with Crippen molar-refractivity contribution in [1.29, 1.82) is 0 Å². The number of aromatic nitrogens is 3. The van der Waals surface area contributed by atoms with Crippen molar-refractivity contribution in [3.05, 3.63) is 88.0 Å². The summed E-state index contributed by atoms with van der Waals surface area (Å²) in [5.74, 6) is 1.90. The van der Waals surface area contributed by atoms with Gasteiger partial charge in [-0.3, -0.25) is 0 Å². The summed E-state index contributed by atoms with van der Waals surface area (Å²) in [5.41, 5.74) is 12.6. The third-order valence-electron chi connectivity index (χ3n) is 14.3. The second-order valence-electron chi connectivity index (χ2n) is 20.5. The fourth-order valence-electron chi connectivity index (χ4n) is 10.2. The van der Waals surface area contributed by atoms with Gasteiger partial charge in [-0.2, -0.15) is 15.0 Å². The van der Waals surface area contributed by atoms with E-state index < -0.39 is 0 Å². The van der Waals surface area contributed by atoms with Crippen LogP contribution in [0.3, 0.4) is 0 Å². The number of rotatable bonds is 41. The fraction of sp³-hybridized carbons (Fsp3) is 0.667. The van der Waals surface area contributed by atoms with Crippen LogP contribution in [0.1, 0.15) is 268 Å². The van der Waals surface area contributed by atoms with E-state index in [1.807, 2.05) is 0 Å². The minimum absolute atomic E-state index is 0.604. The maximum absolute atomic E-state index is 5.21. The quantitative estimate of drug-likeness (QED) is 0.0434. The molecule has 0 bridgehead atoms. The Morgan fingerprint density at radius 1 is 0.309 bits per heavy atom. The molecule has 5 heteroatoms. The summed E-state index contributed by atoms with van der Waals surface area (Å²) in [7, 11) is 0. The van der Waals surface area contributed by atoms with E-state index in [1.165, 1.54) is 228 Å². The molecule has 0 amide bonds. The molecular formula is C63H101N5. The molecule has 378 valence electrons. The monoisotopic (exact) mass is 928 g/mol. The van der Waals surface area contributed by atoms with E-state index in [0.717, 1.165) is 42.6 Å². The lowest BCUT2D eigenvalue weighted by Crippen LogP contribution is -2.09. The zero-order chi connectivity index (χ0) is 48.3. The minimum Gasteiger partial charge on any atom is -0.324 e. The maximum Gasteiger partial charge on any atom is 0.232 e. The van der Waals surface area contributed by atoms with Crippen molar-refractivity contribution in [2.24, 2.45) is 0 Å². The van der Waals surface area contributed by atoms with Gasteiger partial charge in [-0.25, -0.2) is 0 Å². The molecule has 5 nitrogen and oxygen atoms in total. The lowest BCUT2D eigenvalue weighted by molar-refractivity contribution is 0.613. The van der Waals surface area contributed by atoms with Crippen LogP contribution in [0.15, 0.2) is 54.6 Å². The van der Waals surface area contributed by atoms with Gasteiger partial charge in [-0.15, -0.1) is 0 Å². The highest BCUT2D eigenvalue weighted by Gasteiger charge is 2.17. The molecule has 68 heavy (non-hydrogen) atoms. The Kier molecular flexibility index (Phi) is 30.3. The third kappa shape index (κ3) is 22.4. The molecule has 0 saturated carbocycles. The topological polar surface area (TPSA) is 62.7 Å². The minimum atomic E-state index is 0.604. The van der Waals surface area contributed by atoms with Gasteiger partial charge in [0.15, 0.2) is 5.82 Å². The highest BCUT2D eigenvalue weighted by atomic mass is 15.2. The molecule has 4 rings (SSSR count). The van der Waals surface area contributed by atoms with Gasteiger partial charge in [0.2, 0.25) is 11.9 Å². The average Bonchev–Trinajstić information content (AvgIpc) is 3.35. The average molecular weight is 929 g/mol. The zero-order valence-electron chi connectivity index (χ0n) is 45.0. The first-order valence-electron chi connectivity index (χ1n) is 29.2. The van der Waals surface area contributed by atoms with Gasteiger partial charge in [-0.1, -0.05) is 226 Å². The Morgan fingerprint density at radius 2 is 0.588 bits per heavy atom. The highest BCUT2D eigenvalue weighted by Crippen LogP contribution is 2.32. The predicted molar refractivity (Wildman–Crippen MR) is 299 cm³/mol. The van der Waals surface area contributed by atoms with Crippen LogP contribution in [0.25, 0.3) is 11.4 Å². The van der Waals surface area contributed by atoms with Crippen LogP contribution < -0.4 is 10.6 Å². The van der Waals surface area contributed by atoms with Gasteiger partial charge in [0.25, 0.3) is 0 Å². The molecule has 0 saturated heterocycles. The van der Waals surface area contributed by atoms with E-state index in [9.17, 15) is 0 Å². The third-order valence-corrected chi connectivity index (χ3v) is 14.3. The lowest BCUT2D eigenvalue weighted by atomic mass is 9.89. The second kappa shape index (κ2) is 36.2. The lowest BCUT2D eigenvalue weighted by Gasteiger charge is -2.20. The molecular weight excluding hydrogens is 827 g/mol. The van der Waals surface area contributed by atoms with Gasteiger partial charge < -0.3 is 10.6 Å². The van der Waals surface area contributed by atoms with Crippen molar-refractivity contribution in [3.63, 3.8) is 0 Å². The fourth-order valence-corrected chi connectivity index (χ4v) is 10.2. The molecule has 0 atom stereocenters. The van der Waals surface area contributed by atoms with Gasteiger partial charge in [-0.05, 0) is 135 Å². The highest BCUT2D eigenvalue weighted by molar-refractivity contribution is 5.66. The van der Waals surface area contributed by atoms with Crippen LogP contribution in [0.5, 0.6) is 0 Å². The molecule has 0 fully saturated rings. The number of nitrogens with one attached hydrogen (secondary N) is 2. The molecule has 4 aromatic rings. The molecule has 0 aliphatic carbocycles. The number of unbranched alkanes of at least 4 members (excludes halogenated alkanes) is 24. The number of benzene rings is 3. The van der Waals surface area contributed by atoms with Crippen molar-refractivity contribution in [2.75, 3.05) is 10.6 Å². The van der Waals surface area contributed by atoms with E-state index >= 15 is 0 Å². The molecule has 0 aliphatic rings. The van der Waals surface area contributed by atoms with Crippen LogP contribution in [0.2, 0.25) is 0 Å². The van der Waals surface area contributed by atoms with E-state index in [0.29, 0.717) is 17.7 Å². The van der Waals surface area contributed by atoms with Crippen LogP contribution in [0, 0.1) is 0 Å². The van der Waals surface area contributed by atoms with Crippen LogP contribution in [-0.2, 0) is 38.5 Å². The Bertz CT molecular complexity index is 1700. The van der Waals surface area contributed by atoms with Crippen LogP contribution >= 0.6 is 0 Å². The maximum atomic E-state index is 5.21. The predicted octanol–water partition coefficient (Wildman–Crippen LogP) is 20.1. The van der Waals surface area contributed by atoms with Gasteiger partial charge in [0, 0.05) is 16.9 Å².